The Morgan fingerprint density at radius 3 is 2.44 bits per heavy atom. The van der Waals surface area contributed by atoms with Gasteiger partial charge in [-0.3, -0.25) is 9.78 Å². The molecule has 4 nitrogen and oxygen atoms in total. The number of fused-ring (bicyclic) bond motifs is 1. The van der Waals surface area contributed by atoms with Gasteiger partial charge < -0.3 is 5.32 Å². The zero-order valence-electron chi connectivity index (χ0n) is 8.63. The molecule has 16 heavy (non-hydrogen) atoms. The van der Waals surface area contributed by atoms with Crippen molar-refractivity contribution in [3.8, 4) is 0 Å². The Morgan fingerprint density at radius 2 is 1.88 bits per heavy atom. The molecule has 0 aliphatic carbocycles. The van der Waals surface area contributed by atoms with Crippen molar-refractivity contribution in [1.82, 2.24) is 9.97 Å². The number of nitrogens with one attached hydrogen (secondary N) is 1. The molecule has 0 aromatic carbocycles. The molecule has 2 aromatic heterocycles. The van der Waals surface area contributed by atoms with Crippen molar-refractivity contribution in [1.29, 1.82) is 0 Å². The molecule has 1 N–H and O–H groups in total. The second kappa shape index (κ2) is 5.02. The summed E-state index contributed by atoms with van der Waals surface area (Å²) in [6.45, 7) is 0. The number of rotatable bonds is 0. The van der Waals surface area contributed by atoms with Crippen LogP contribution in [0.15, 0.2) is 48.9 Å². The van der Waals surface area contributed by atoms with E-state index < -0.39 is 0 Å². The third kappa shape index (κ3) is 2.63. The van der Waals surface area contributed by atoms with Gasteiger partial charge in [0.2, 0.25) is 5.91 Å². The lowest BCUT2D eigenvalue weighted by Crippen LogP contribution is -2.04. The topological polar surface area (TPSA) is 54.9 Å². The van der Waals surface area contributed by atoms with Crippen LogP contribution in [0.1, 0.15) is 5.56 Å². The molecule has 2 aromatic rings. The second-order valence-electron chi connectivity index (χ2n) is 3.26. The van der Waals surface area contributed by atoms with Gasteiger partial charge in [-0.1, -0.05) is 12.1 Å². The standard InChI is InChI=1S/C7H6N2O.C5H5N/c10-6-4-5-2-1-3-8-7(5)9-6;1-2-4-6-5-3-1/h1-3H,4H2,(H,8,9,10);1-5H. The lowest BCUT2D eigenvalue weighted by Gasteiger charge is -1.91. The highest BCUT2D eigenvalue weighted by Gasteiger charge is 2.16. The van der Waals surface area contributed by atoms with Crippen LogP contribution in [0.3, 0.4) is 0 Å². The maximum atomic E-state index is 10.7. The molecule has 0 radical (unpaired) electrons. The number of hydrogen-bond donors (Lipinski definition) is 1. The normalized spacial score (nSPS) is 12.1. The van der Waals surface area contributed by atoms with Crippen molar-refractivity contribution in [2.75, 3.05) is 5.32 Å². The predicted molar refractivity (Wildman–Crippen MR) is 60.8 cm³/mol. The maximum absolute atomic E-state index is 10.7. The van der Waals surface area contributed by atoms with Crippen LogP contribution >= 0.6 is 0 Å². The second-order valence-corrected chi connectivity index (χ2v) is 3.26. The number of hydrogen-bond acceptors (Lipinski definition) is 3. The Morgan fingerprint density at radius 1 is 1.06 bits per heavy atom. The first kappa shape index (κ1) is 10.3. The molecule has 1 amide bonds. The fraction of sp³-hybridized carbons (Fsp3) is 0.0833. The summed E-state index contributed by atoms with van der Waals surface area (Å²) < 4.78 is 0. The number of nitrogens with zero attached hydrogens (tertiary/aromatic N) is 2. The molecular weight excluding hydrogens is 202 g/mol. The Kier molecular flexibility index (Phi) is 3.23. The van der Waals surface area contributed by atoms with Crippen molar-refractivity contribution in [2.45, 2.75) is 6.42 Å². The number of carbonyl (C=O) groups excluding carboxylic acids is 1. The van der Waals surface area contributed by atoms with Crippen molar-refractivity contribution >= 4 is 11.7 Å². The minimum atomic E-state index is 0.0358. The van der Waals surface area contributed by atoms with Gasteiger partial charge in [0.25, 0.3) is 0 Å². The zero-order valence-corrected chi connectivity index (χ0v) is 8.63. The summed E-state index contributed by atoms with van der Waals surface area (Å²) in [7, 11) is 0. The van der Waals surface area contributed by atoms with Crippen molar-refractivity contribution < 1.29 is 4.79 Å². The summed E-state index contributed by atoms with van der Waals surface area (Å²) in [6.07, 6.45) is 5.65. The lowest BCUT2D eigenvalue weighted by molar-refractivity contribution is -0.115. The Bertz CT molecular complexity index is 417. The van der Waals surface area contributed by atoms with Crippen LogP contribution in [-0.2, 0) is 11.2 Å². The number of anilines is 1. The van der Waals surface area contributed by atoms with E-state index in [4.69, 9.17) is 0 Å². The first-order chi connectivity index (χ1) is 7.86. The maximum Gasteiger partial charge on any atom is 0.230 e. The van der Waals surface area contributed by atoms with Gasteiger partial charge in [0.15, 0.2) is 0 Å². The zero-order chi connectivity index (χ0) is 11.2. The molecule has 0 spiro atoms. The fourth-order valence-electron chi connectivity index (χ4n) is 1.36. The van der Waals surface area contributed by atoms with Crippen molar-refractivity contribution in [3.63, 3.8) is 0 Å². The van der Waals surface area contributed by atoms with Crippen LogP contribution in [0.2, 0.25) is 0 Å². The quantitative estimate of drug-likeness (QED) is 0.724. The third-order valence-electron chi connectivity index (χ3n) is 2.07. The van der Waals surface area contributed by atoms with E-state index in [1.807, 2.05) is 30.3 Å². The van der Waals surface area contributed by atoms with Gasteiger partial charge in [0.05, 0.1) is 6.42 Å². The summed E-state index contributed by atoms with van der Waals surface area (Å²) >= 11 is 0. The van der Waals surface area contributed by atoms with Crippen molar-refractivity contribution in [3.05, 3.63) is 54.5 Å². The van der Waals surface area contributed by atoms with E-state index in [-0.39, 0.29) is 5.91 Å². The lowest BCUT2D eigenvalue weighted by atomic mass is 10.2. The van der Waals surface area contributed by atoms with Gasteiger partial charge >= 0.3 is 0 Å². The molecule has 1 aliphatic heterocycles. The third-order valence-corrected chi connectivity index (χ3v) is 2.07. The van der Waals surface area contributed by atoms with Crippen LogP contribution in [0.4, 0.5) is 5.82 Å². The molecule has 80 valence electrons. The van der Waals surface area contributed by atoms with E-state index in [0.29, 0.717) is 12.2 Å². The molecule has 0 saturated carbocycles. The first-order valence-corrected chi connectivity index (χ1v) is 4.95. The number of carbonyl (C=O) groups is 1. The molecule has 0 atom stereocenters. The molecule has 1 aliphatic rings. The highest BCUT2D eigenvalue weighted by Crippen LogP contribution is 2.17. The van der Waals surface area contributed by atoms with Gasteiger partial charge in [-0.15, -0.1) is 0 Å². The van der Waals surface area contributed by atoms with Gasteiger partial charge in [0, 0.05) is 24.2 Å². The molecular formula is C12H11N3O. The van der Waals surface area contributed by atoms with Gasteiger partial charge in [-0.25, -0.2) is 4.98 Å². The molecule has 0 unspecified atom stereocenters. The van der Waals surface area contributed by atoms with E-state index in [9.17, 15) is 4.79 Å². The van der Waals surface area contributed by atoms with E-state index in [2.05, 4.69) is 15.3 Å². The fourth-order valence-corrected chi connectivity index (χ4v) is 1.36. The number of aromatic nitrogens is 2. The van der Waals surface area contributed by atoms with Crippen LogP contribution in [-0.4, -0.2) is 15.9 Å². The molecule has 0 fully saturated rings. The first-order valence-electron chi connectivity index (χ1n) is 4.95. The smallest absolute Gasteiger partial charge is 0.230 e. The molecule has 3 heterocycles. The Hall–Kier alpha value is -2.23. The minimum absolute atomic E-state index is 0.0358. The SMILES string of the molecule is O=C1Cc2cccnc2N1.c1ccncc1. The van der Waals surface area contributed by atoms with E-state index >= 15 is 0 Å². The number of pyridine rings is 2. The summed E-state index contributed by atoms with van der Waals surface area (Å²) in [5, 5.41) is 2.65. The molecule has 4 heteroatoms. The average Bonchev–Trinajstić information content (AvgIpc) is 2.72. The van der Waals surface area contributed by atoms with Gasteiger partial charge in [-0.2, -0.15) is 0 Å². The predicted octanol–water partition coefficient (Wildman–Crippen LogP) is 1.66. The molecule has 0 saturated heterocycles. The van der Waals surface area contributed by atoms with E-state index in [1.54, 1.807) is 18.6 Å². The monoisotopic (exact) mass is 213 g/mol. The molecule has 3 rings (SSSR count). The summed E-state index contributed by atoms with van der Waals surface area (Å²) in [6, 6.07) is 9.45. The summed E-state index contributed by atoms with van der Waals surface area (Å²) in [5.41, 5.74) is 0.993. The van der Waals surface area contributed by atoms with E-state index in [0.717, 1.165) is 5.56 Å². The summed E-state index contributed by atoms with van der Waals surface area (Å²) in [5.74, 6) is 0.751. The minimum Gasteiger partial charge on any atom is -0.310 e. The Labute approximate surface area is 93.4 Å². The van der Waals surface area contributed by atoms with Crippen LogP contribution in [0.25, 0.3) is 0 Å². The van der Waals surface area contributed by atoms with Gasteiger partial charge in [-0.05, 0) is 18.2 Å². The Balaban J connectivity index is 0.000000138. The van der Waals surface area contributed by atoms with Crippen molar-refractivity contribution in [2.24, 2.45) is 0 Å². The van der Waals surface area contributed by atoms with Crippen LogP contribution in [0.5, 0.6) is 0 Å². The summed E-state index contributed by atoms with van der Waals surface area (Å²) in [4.78, 5) is 18.5. The number of amides is 1. The van der Waals surface area contributed by atoms with Gasteiger partial charge in [0.1, 0.15) is 5.82 Å². The van der Waals surface area contributed by atoms with Crippen LogP contribution < -0.4 is 5.32 Å². The van der Waals surface area contributed by atoms with Crippen LogP contribution in [0, 0.1) is 0 Å². The highest BCUT2D eigenvalue weighted by molar-refractivity contribution is 5.97. The molecule has 0 bridgehead atoms. The average molecular weight is 213 g/mol. The highest BCUT2D eigenvalue weighted by atomic mass is 16.1. The largest absolute Gasteiger partial charge is 0.310 e. The van der Waals surface area contributed by atoms with E-state index in [1.165, 1.54) is 0 Å².